The summed E-state index contributed by atoms with van der Waals surface area (Å²) in [6.45, 7) is 11.0. The van der Waals surface area contributed by atoms with Crippen LogP contribution in [0.1, 0.15) is 90.2 Å². The minimum Gasteiger partial charge on any atom is -0.492 e. The fraction of sp³-hybridized carbons (Fsp3) is 0.586. The van der Waals surface area contributed by atoms with Gasteiger partial charge in [-0.25, -0.2) is 8.42 Å². The SMILES string of the molecule is CCCCC(CC)CN(CC(CC)CCCC)S(=O)(=O)c1ccc(/N=N/c2c(C)c(C#N)c(=O)n(N)c2O)cc1. The second kappa shape index (κ2) is 15.5. The fourth-order valence-corrected chi connectivity index (χ4v) is 6.24. The van der Waals surface area contributed by atoms with Gasteiger partial charge in [-0.3, -0.25) is 4.79 Å². The van der Waals surface area contributed by atoms with Crippen LogP contribution in [-0.2, 0) is 10.0 Å². The van der Waals surface area contributed by atoms with Crippen molar-refractivity contribution in [3.8, 4) is 11.9 Å². The number of pyridine rings is 1. The highest BCUT2D eigenvalue weighted by Crippen LogP contribution is 2.32. The number of hydrogen-bond donors (Lipinski definition) is 2. The smallest absolute Gasteiger partial charge is 0.290 e. The molecule has 2 aromatic rings. The highest BCUT2D eigenvalue weighted by atomic mass is 32.2. The molecular weight excluding hydrogens is 528 g/mol. The highest BCUT2D eigenvalue weighted by Gasteiger charge is 2.29. The Bertz CT molecular complexity index is 1330. The fourth-order valence-electron chi connectivity index (χ4n) is 4.65. The van der Waals surface area contributed by atoms with Crippen molar-refractivity contribution in [1.29, 1.82) is 5.26 Å². The number of nitrogens with zero attached hydrogens (tertiary/aromatic N) is 5. The first kappa shape index (κ1) is 33.0. The second-order valence-electron chi connectivity index (χ2n) is 10.3. The lowest BCUT2D eigenvalue weighted by molar-refractivity contribution is 0.270. The molecule has 0 amide bonds. The third-order valence-electron chi connectivity index (χ3n) is 7.46. The molecule has 40 heavy (non-hydrogen) atoms. The van der Waals surface area contributed by atoms with Gasteiger partial charge < -0.3 is 10.9 Å². The Kier molecular flexibility index (Phi) is 12.8. The number of nitriles is 1. The molecule has 0 aliphatic heterocycles. The maximum absolute atomic E-state index is 13.9. The van der Waals surface area contributed by atoms with E-state index in [1.165, 1.54) is 31.2 Å². The molecule has 10 nitrogen and oxygen atoms in total. The molecular formula is C29H44N6O4S. The van der Waals surface area contributed by atoms with Crippen molar-refractivity contribution in [3.05, 3.63) is 45.7 Å². The van der Waals surface area contributed by atoms with Crippen molar-refractivity contribution in [2.24, 2.45) is 22.1 Å². The van der Waals surface area contributed by atoms with E-state index < -0.39 is 21.5 Å². The molecule has 0 aliphatic carbocycles. The van der Waals surface area contributed by atoms with Crippen molar-refractivity contribution < 1.29 is 13.5 Å². The Morgan fingerprint density at radius 3 is 1.98 bits per heavy atom. The first-order chi connectivity index (χ1) is 19.0. The van der Waals surface area contributed by atoms with Crippen molar-refractivity contribution >= 4 is 21.4 Å². The molecule has 1 heterocycles. The van der Waals surface area contributed by atoms with Crippen LogP contribution in [0, 0.1) is 30.1 Å². The van der Waals surface area contributed by atoms with Crippen LogP contribution < -0.4 is 11.4 Å². The summed E-state index contributed by atoms with van der Waals surface area (Å²) in [4.78, 5) is 12.2. The molecule has 2 unspecified atom stereocenters. The van der Waals surface area contributed by atoms with Gasteiger partial charge in [-0.2, -0.15) is 19.4 Å². The van der Waals surface area contributed by atoms with Crippen molar-refractivity contribution in [2.75, 3.05) is 18.9 Å². The van der Waals surface area contributed by atoms with Gasteiger partial charge in [0.05, 0.1) is 10.6 Å². The molecule has 1 aromatic heterocycles. The van der Waals surface area contributed by atoms with Gasteiger partial charge in [0.1, 0.15) is 11.6 Å². The van der Waals surface area contributed by atoms with E-state index >= 15 is 0 Å². The van der Waals surface area contributed by atoms with Gasteiger partial charge in [-0.05, 0) is 55.9 Å². The van der Waals surface area contributed by atoms with E-state index in [-0.39, 0.29) is 21.7 Å². The molecule has 0 saturated heterocycles. The number of azo groups is 1. The number of aromatic hydroxyl groups is 1. The topological polar surface area (TPSA) is 154 Å². The van der Waals surface area contributed by atoms with Crippen LogP contribution in [0.4, 0.5) is 11.4 Å². The zero-order valence-corrected chi connectivity index (χ0v) is 25.2. The van der Waals surface area contributed by atoms with Crippen LogP contribution in [0.3, 0.4) is 0 Å². The number of nitrogen functional groups attached to an aromatic ring is 1. The Morgan fingerprint density at radius 1 is 1.00 bits per heavy atom. The molecule has 2 atom stereocenters. The van der Waals surface area contributed by atoms with Crippen LogP contribution in [0.2, 0.25) is 0 Å². The molecule has 11 heteroatoms. The summed E-state index contributed by atoms with van der Waals surface area (Å²) in [5.74, 6) is 5.54. The number of benzene rings is 1. The number of hydrogen-bond acceptors (Lipinski definition) is 8. The minimum atomic E-state index is -3.75. The average Bonchev–Trinajstić information content (AvgIpc) is 2.95. The van der Waals surface area contributed by atoms with E-state index in [0.29, 0.717) is 35.3 Å². The number of unbranched alkanes of at least 4 members (excludes halogenated alkanes) is 2. The number of nitrogens with two attached hydrogens (primary N) is 1. The van der Waals surface area contributed by atoms with Crippen molar-refractivity contribution in [1.82, 2.24) is 8.98 Å². The summed E-state index contributed by atoms with van der Waals surface area (Å²) < 4.78 is 29.8. The predicted octanol–water partition coefficient (Wildman–Crippen LogP) is 6.29. The number of rotatable bonds is 16. The van der Waals surface area contributed by atoms with Crippen LogP contribution >= 0.6 is 0 Å². The average molecular weight is 573 g/mol. The predicted molar refractivity (Wildman–Crippen MR) is 158 cm³/mol. The number of sulfonamides is 1. The quantitative estimate of drug-likeness (QED) is 0.178. The summed E-state index contributed by atoms with van der Waals surface area (Å²) in [6, 6.07) is 7.85. The number of aromatic nitrogens is 1. The van der Waals surface area contributed by atoms with Gasteiger partial charge in [0.15, 0.2) is 5.69 Å². The first-order valence-electron chi connectivity index (χ1n) is 14.2. The van der Waals surface area contributed by atoms with E-state index in [1.807, 2.05) is 0 Å². The zero-order chi connectivity index (χ0) is 29.9. The van der Waals surface area contributed by atoms with Gasteiger partial charge in [-0.15, -0.1) is 5.11 Å². The molecule has 0 spiro atoms. The maximum Gasteiger partial charge on any atom is 0.290 e. The van der Waals surface area contributed by atoms with E-state index in [9.17, 15) is 23.6 Å². The third-order valence-corrected chi connectivity index (χ3v) is 9.31. The molecule has 0 saturated carbocycles. The first-order valence-corrected chi connectivity index (χ1v) is 15.6. The lowest BCUT2D eigenvalue weighted by Crippen LogP contribution is -2.39. The molecule has 0 bridgehead atoms. The summed E-state index contributed by atoms with van der Waals surface area (Å²) in [7, 11) is -3.75. The molecule has 3 N–H and O–H groups in total. The van der Waals surface area contributed by atoms with Gasteiger partial charge in [-0.1, -0.05) is 66.2 Å². The summed E-state index contributed by atoms with van der Waals surface area (Å²) in [6.07, 6.45) is 8.15. The van der Waals surface area contributed by atoms with Crippen molar-refractivity contribution in [2.45, 2.75) is 90.9 Å². The molecule has 0 aliphatic rings. The minimum absolute atomic E-state index is 0.114. The van der Waals surface area contributed by atoms with Gasteiger partial charge in [0.2, 0.25) is 15.9 Å². The summed E-state index contributed by atoms with van der Waals surface area (Å²) in [5.41, 5.74) is -0.717. The maximum atomic E-state index is 13.9. The van der Waals surface area contributed by atoms with Crippen LogP contribution in [-0.4, -0.2) is 35.6 Å². The molecule has 1 aromatic carbocycles. The van der Waals surface area contributed by atoms with Crippen molar-refractivity contribution in [3.63, 3.8) is 0 Å². The lowest BCUT2D eigenvalue weighted by atomic mass is 9.97. The Hall–Kier alpha value is -3.23. The Balaban J connectivity index is 2.39. The Labute approximate surface area is 238 Å². The van der Waals surface area contributed by atoms with E-state index in [1.54, 1.807) is 10.4 Å². The monoisotopic (exact) mass is 572 g/mol. The summed E-state index contributed by atoms with van der Waals surface area (Å²) >= 11 is 0. The van der Waals surface area contributed by atoms with E-state index in [0.717, 1.165) is 51.4 Å². The highest BCUT2D eigenvalue weighted by molar-refractivity contribution is 7.89. The van der Waals surface area contributed by atoms with Crippen LogP contribution in [0.5, 0.6) is 5.88 Å². The zero-order valence-electron chi connectivity index (χ0n) is 24.4. The van der Waals surface area contributed by atoms with E-state index in [4.69, 9.17) is 5.84 Å². The standard InChI is InChI=1S/C29H44N6O4S/c1-6-10-12-22(8-3)19-34(20-23(9-4)13-11-7-2)40(38,39)25-16-14-24(15-17-25)32-33-27-21(5)26(18-30)28(36)35(31)29(27)37/h14-17,22-23,37H,6-13,19-20,31H2,1-5H3/b33-32+. The molecule has 0 fully saturated rings. The van der Waals surface area contributed by atoms with Gasteiger partial charge in [0, 0.05) is 18.7 Å². The second-order valence-corrected chi connectivity index (χ2v) is 12.2. The van der Waals surface area contributed by atoms with Crippen LogP contribution in [0.25, 0.3) is 0 Å². The normalized spacial score (nSPS) is 13.5. The van der Waals surface area contributed by atoms with Gasteiger partial charge >= 0.3 is 0 Å². The largest absolute Gasteiger partial charge is 0.492 e. The third kappa shape index (κ3) is 8.15. The summed E-state index contributed by atoms with van der Waals surface area (Å²) in [5, 5.41) is 27.6. The van der Waals surface area contributed by atoms with Gasteiger partial charge in [0.25, 0.3) is 5.56 Å². The molecule has 2 rings (SSSR count). The van der Waals surface area contributed by atoms with Crippen LogP contribution in [0.15, 0.2) is 44.2 Å². The van der Waals surface area contributed by atoms with E-state index in [2.05, 4.69) is 37.9 Å². The lowest BCUT2D eigenvalue weighted by Gasteiger charge is -2.30. The Morgan fingerprint density at radius 2 is 1.52 bits per heavy atom. The molecule has 220 valence electrons. The molecule has 0 radical (unpaired) electrons.